The molecule has 4 aromatic rings. The van der Waals surface area contributed by atoms with E-state index in [1.807, 2.05) is 0 Å². The van der Waals surface area contributed by atoms with Crippen LogP contribution in [0, 0.1) is 5.82 Å². The SMILES string of the molecule is Fc1ccc2[nH]nc(Nc3nc(-c4ccccc4C(F)(F)F)nc4c3CNCC4)c2c1. The van der Waals surface area contributed by atoms with Crippen molar-refractivity contribution in [2.75, 3.05) is 11.9 Å². The van der Waals surface area contributed by atoms with Crippen LogP contribution in [0.4, 0.5) is 29.2 Å². The van der Waals surface area contributed by atoms with Crippen molar-refractivity contribution in [3.63, 3.8) is 0 Å². The maximum absolute atomic E-state index is 13.7. The molecule has 1 aliphatic heterocycles. The molecule has 0 aliphatic carbocycles. The van der Waals surface area contributed by atoms with Crippen molar-refractivity contribution in [2.45, 2.75) is 19.1 Å². The van der Waals surface area contributed by atoms with E-state index in [-0.39, 0.29) is 11.4 Å². The van der Waals surface area contributed by atoms with Gasteiger partial charge in [-0.3, -0.25) is 5.10 Å². The fourth-order valence-corrected chi connectivity index (χ4v) is 3.69. The zero-order valence-corrected chi connectivity index (χ0v) is 16.0. The lowest BCUT2D eigenvalue weighted by Crippen LogP contribution is -2.26. The summed E-state index contributed by atoms with van der Waals surface area (Å²) < 4.78 is 54.4. The quantitative estimate of drug-likeness (QED) is 0.417. The number of aromatic nitrogens is 4. The Balaban J connectivity index is 1.65. The van der Waals surface area contributed by atoms with Crippen LogP contribution in [0.2, 0.25) is 0 Å². The third kappa shape index (κ3) is 3.59. The normalized spacial score (nSPS) is 13.9. The minimum atomic E-state index is -4.54. The molecule has 6 nitrogen and oxygen atoms in total. The second kappa shape index (κ2) is 7.31. The number of rotatable bonds is 3. The molecule has 0 bridgehead atoms. The molecule has 158 valence electrons. The lowest BCUT2D eigenvalue weighted by molar-refractivity contribution is -0.137. The lowest BCUT2D eigenvalue weighted by atomic mass is 10.0. The van der Waals surface area contributed by atoms with Gasteiger partial charge in [0.25, 0.3) is 0 Å². The monoisotopic (exact) mass is 428 g/mol. The molecule has 2 aromatic carbocycles. The van der Waals surface area contributed by atoms with Gasteiger partial charge in [-0.05, 0) is 24.3 Å². The van der Waals surface area contributed by atoms with Gasteiger partial charge in [0.15, 0.2) is 11.6 Å². The first-order valence-corrected chi connectivity index (χ1v) is 9.58. The van der Waals surface area contributed by atoms with Gasteiger partial charge < -0.3 is 10.6 Å². The number of benzene rings is 2. The second-order valence-corrected chi connectivity index (χ2v) is 7.18. The van der Waals surface area contributed by atoms with Gasteiger partial charge in [-0.25, -0.2) is 14.4 Å². The van der Waals surface area contributed by atoms with Crippen LogP contribution < -0.4 is 10.6 Å². The Morgan fingerprint density at radius 1 is 1.00 bits per heavy atom. The molecule has 1 aliphatic rings. The Labute approximate surface area is 173 Å². The van der Waals surface area contributed by atoms with Gasteiger partial charge in [-0.2, -0.15) is 18.3 Å². The van der Waals surface area contributed by atoms with Crippen LogP contribution in [-0.2, 0) is 19.1 Å². The number of halogens is 4. The summed E-state index contributed by atoms with van der Waals surface area (Å²) in [4.78, 5) is 8.87. The lowest BCUT2D eigenvalue weighted by Gasteiger charge is -2.21. The van der Waals surface area contributed by atoms with Gasteiger partial charge in [0.2, 0.25) is 0 Å². The van der Waals surface area contributed by atoms with Crippen LogP contribution in [0.1, 0.15) is 16.8 Å². The zero-order valence-electron chi connectivity index (χ0n) is 16.0. The molecule has 3 heterocycles. The van der Waals surface area contributed by atoms with Crippen LogP contribution in [0.5, 0.6) is 0 Å². The predicted molar refractivity (Wildman–Crippen MR) is 107 cm³/mol. The van der Waals surface area contributed by atoms with Gasteiger partial charge in [-0.15, -0.1) is 0 Å². The van der Waals surface area contributed by atoms with Gasteiger partial charge in [0.1, 0.15) is 11.6 Å². The number of anilines is 2. The first kappa shape index (κ1) is 19.4. The molecule has 0 saturated carbocycles. The number of nitrogens with zero attached hydrogens (tertiary/aromatic N) is 3. The molecule has 3 N–H and O–H groups in total. The van der Waals surface area contributed by atoms with E-state index in [2.05, 4.69) is 30.8 Å². The van der Waals surface area contributed by atoms with Crippen molar-refractivity contribution in [1.82, 2.24) is 25.5 Å². The molecule has 0 unspecified atom stereocenters. The van der Waals surface area contributed by atoms with E-state index in [1.165, 1.54) is 30.3 Å². The van der Waals surface area contributed by atoms with Crippen LogP contribution in [-0.4, -0.2) is 26.7 Å². The van der Waals surface area contributed by atoms with E-state index in [0.29, 0.717) is 47.7 Å². The summed E-state index contributed by atoms with van der Waals surface area (Å²) in [5, 5.41) is 13.8. The highest BCUT2D eigenvalue weighted by Crippen LogP contribution is 2.37. The van der Waals surface area contributed by atoms with Crippen molar-refractivity contribution in [3.8, 4) is 11.4 Å². The number of hydrogen-bond acceptors (Lipinski definition) is 5. The molecule has 0 saturated heterocycles. The highest BCUT2D eigenvalue weighted by Gasteiger charge is 2.34. The van der Waals surface area contributed by atoms with Crippen molar-refractivity contribution in [1.29, 1.82) is 0 Å². The Morgan fingerprint density at radius 3 is 2.68 bits per heavy atom. The summed E-state index contributed by atoms with van der Waals surface area (Å²) in [6, 6.07) is 9.42. The van der Waals surface area contributed by atoms with Crippen molar-refractivity contribution in [2.24, 2.45) is 0 Å². The van der Waals surface area contributed by atoms with E-state index in [1.54, 1.807) is 6.07 Å². The van der Waals surface area contributed by atoms with Crippen LogP contribution >= 0.6 is 0 Å². The average Bonchev–Trinajstić information content (AvgIpc) is 3.15. The molecule has 0 radical (unpaired) electrons. The number of fused-ring (bicyclic) bond motifs is 2. The highest BCUT2D eigenvalue weighted by molar-refractivity contribution is 5.91. The standard InChI is InChI=1S/C21H16F4N6/c22-11-5-6-17-13(9-11)20(31-30-17)29-19-14-10-26-8-7-16(14)27-18(28-19)12-3-1-2-4-15(12)21(23,24)25/h1-6,9,26H,7-8,10H2,(H2,27,28,29,30,31). The predicted octanol–water partition coefficient (Wildman–Crippen LogP) is 4.57. The third-order valence-electron chi connectivity index (χ3n) is 5.17. The highest BCUT2D eigenvalue weighted by atomic mass is 19.4. The smallest absolute Gasteiger partial charge is 0.323 e. The summed E-state index contributed by atoms with van der Waals surface area (Å²) in [5.41, 5.74) is 1.12. The molecule has 31 heavy (non-hydrogen) atoms. The molecule has 0 fully saturated rings. The Hall–Kier alpha value is -3.53. The Kier molecular flexibility index (Phi) is 4.58. The van der Waals surface area contributed by atoms with Gasteiger partial charge in [-0.1, -0.05) is 18.2 Å². The zero-order chi connectivity index (χ0) is 21.6. The second-order valence-electron chi connectivity index (χ2n) is 7.18. The third-order valence-corrected chi connectivity index (χ3v) is 5.17. The maximum Gasteiger partial charge on any atom is 0.417 e. The minimum absolute atomic E-state index is 0.0258. The van der Waals surface area contributed by atoms with Crippen molar-refractivity contribution >= 4 is 22.5 Å². The van der Waals surface area contributed by atoms with Gasteiger partial charge in [0, 0.05) is 36.0 Å². The molecular weight excluding hydrogens is 412 g/mol. The molecule has 10 heteroatoms. The molecule has 2 aromatic heterocycles. The molecule has 5 rings (SSSR count). The summed E-state index contributed by atoms with van der Waals surface area (Å²) in [5.74, 6) is 0.211. The first-order valence-electron chi connectivity index (χ1n) is 9.58. The number of H-pyrrole nitrogens is 1. The molecular formula is C21H16F4N6. The number of nitrogens with one attached hydrogen (secondary N) is 3. The fraction of sp³-hybridized carbons (Fsp3) is 0.190. The van der Waals surface area contributed by atoms with Crippen molar-refractivity contribution in [3.05, 3.63) is 65.1 Å². The Bertz CT molecular complexity index is 1280. The maximum atomic E-state index is 13.7. The fourth-order valence-electron chi connectivity index (χ4n) is 3.69. The van der Waals surface area contributed by atoms with E-state index in [9.17, 15) is 17.6 Å². The van der Waals surface area contributed by atoms with Crippen LogP contribution in [0.25, 0.3) is 22.3 Å². The Morgan fingerprint density at radius 2 is 1.84 bits per heavy atom. The summed E-state index contributed by atoms with van der Waals surface area (Å²) in [7, 11) is 0. The van der Waals surface area contributed by atoms with E-state index < -0.39 is 17.6 Å². The molecule has 0 atom stereocenters. The minimum Gasteiger partial charge on any atom is -0.323 e. The number of alkyl halides is 3. The summed E-state index contributed by atoms with van der Waals surface area (Å²) >= 11 is 0. The topological polar surface area (TPSA) is 78.5 Å². The largest absolute Gasteiger partial charge is 0.417 e. The summed E-state index contributed by atoms with van der Waals surface area (Å²) in [6.07, 6.45) is -4.00. The van der Waals surface area contributed by atoms with Crippen LogP contribution in [0.15, 0.2) is 42.5 Å². The van der Waals surface area contributed by atoms with E-state index >= 15 is 0 Å². The molecule has 0 spiro atoms. The molecule has 0 amide bonds. The number of hydrogen-bond donors (Lipinski definition) is 3. The van der Waals surface area contributed by atoms with Crippen molar-refractivity contribution < 1.29 is 17.6 Å². The average molecular weight is 428 g/mol. The van der Waals surface area contributed by atoms with Gasteiger partial charge in [0.05, 0.1) is 16.8 Å². The van der Waals surface area contributed by atoms with E-state index in [0.717, 1.165) is 11.6 Å². The number of aromatic amines is 1. The summed E-state index contributed by atoms with van der Waals surface area (Å²) in [6.45, 7) is 1.11. The van der Waals surface area contributed by atoms with E-state index in [4.69, 9.17) is 0 Å². The first-order chi connectivity index (χ1) is 14.9. The van der Waals surface area contributed by atoms with Gasteiger partial charge >= 0.3 is 6.18 Å². The van der Waals surface area contributed by atoms with Crippen LogP contribution in [0.3, 0.4) is 0 Å².